The second-order valence-electron chi connectivity index (χ2n) is 5.84. The highest BCUT2D eigenvalue weighted by molar-refractivity contribution is 5.23. The lowest BCUT2D eigenvalue weighted by atomic mass is 9.86. The summed E-state index contributed by atoms with van der Waals surface area (Å²) in [6.45, 7) is 1.93. The first kappa shape index (κ1) is 12.2. The highest BCUT2D eigenvalue weighted by atomic mass is 15.1. The Labute approximate surface area is 110 Å². The first-order valence-electron chi connectivity index (χ1n) is 7.68. The standard InChI is InChI=1S/C15H25N3/c16-10-9-13-15(12-6-2-1-3-7-12)17-14-8-4-5-11-18(13)14/h12H,1-11,16H2. The largest absolute Gasteiger partial charge is 0.332 e. The Hall–Kier alpha value is -0.830. The zero-order valence-electron chi connectivity index (χ0n) is 11.3. The Kier molecular flexibility index (Phi) is 3.69. The molecule has 100 valence electrons. The molecule has 0 aromatic carbocycles. The van der Waals surface area contributed by atoms with E-state index in [0.717, 1.165) is 18.9 Å². The summed E-state index contributed by atoms with van der Waals surface area (Å²) in [4.78, 5) is 5.00. The summed E-state index contributed by atoms with van der Waals surface area (Å²) in [6, 6.07) is 0. The number of nitrogens with two attached hydrogens (primary N) is 1. The average molecular weight is 247 g/mol. The summed E-state index contributed by atoms with van der Waals surface area (Å²) in [5.41, 5.74) is 8.70. The molecule has 0 spiro atoms. The molecule has 0 bridgehead atoms. The van der Waals surface area contributed by atoms with E-state index in [-0.39, 0.29) is 0 Å². The van der Waals surface area contributed by atoms with Crippen LogP contribution in [0.5, 0.6) is 0 Å². The molecule has 2 heterocycles. The van der Waals surface area contributed by atoms with Crippen molar-refractivity contribution in [3.05, 3.63) is 17.2 Å². The Morgan fingerprint density at radius 3 is 2.72 bits per heavy atom. The van der Waals surface area contributed by atoms with Gasteiger partial charge in [0.05, 0.1) is 5.69 Å². The summed E-state index contributed by atoms with van der Waals surface area (Å²) in [5.74, 6) is 2.06. The highest BCUT2D eigenvalue weighted by Gasteiger charge is 2.25. The van der Waals surface area contributed by atoms with E-state index in [2.05, 4.69) is 4.57 Å². The van der Waals surface area contributed by atoms with E-state index in [9.17, 15) is 0 Å². The van der Waals surface area contributed by atoms with Gasteiger partial charge < -0.3 is 10.3 Å². The fourth-order valence-electron chi connectivity index (χ4n) is 3.67. The van der Waals surface area contributed by atoms with Crippen LogP contribution in [0.25, 0.3) is 0 Å². The molecule has 0 saturated heterocycles. The van der Waals surface area contributed by atoms with Gasteiger partial charge in [0.2, 0.25) is 0 Å². The van der Waals surface area contributed by atoms with E-state index in [1.165, 1.54) is 75.1 Å². The smallest absolute Gasteiger partial charge is 0.109 e. The van der Waals surface area contributed by atoms with Crippen LogP contribution in [-0.2, 0) is 19.4 Å². The topological polar surface area (TPSA) is 43.8 Å². The van der Waals surface area contributed by atoms with Crippen molar-refractivity contribution in [3.8, 4) is 0 Å². The molecule has 2 N–H and O–H groups in total. The molecular formula is C15H25N3. The van der Waals surface area contributed by atoms with Crippen molar-refractivity contribution < 1.29 is 0 Å². The maximum atomic E-state index is 5.81. The number of nitrogens with zero attached hydrogens (tertiary/aromatic N) is 2. The molecule has 1 saturated carbocycles. The van der Waals surface area contributed by atoms with Crippen molar-refractivity contribution in [3.63, 3.8) is 0 Å². The molecule has 1 fully saturated rings. The number of hydrogen-bond donors (Lipinski definition) is 1. The van der Waals surface area contributed by atoms with Crippen LogP contribution in [-0.4, -0.2) is 16.1 Å². The Morgan fingerprint density at radius 1 is 1.11 bits per heavy atom. The Balaban J connectivity index is 1.93. The van der Waals surface area contributed by atoms with Gasteiger partial charge >= 0.3 is 0 Å². The molecule has 1 aromatic heterocycles. The van der Waals surface area contributed by atoms with Gasteiger partial charge in [-0.15, -0.1) is 0 Å². The first-order chi connectivity index (χ1) is 8.90. The van der Waals surface area contributed by atoms with Crippen molar-refractivity contribution >= 4 is 0 Å². The SMILES string of the molecule is NCCc1c(C2CCCCC2)nc2n1CCCC2. The van der Waals surface area contributed by atoms with Gasteiger partial charge in [-0.05, 0) is 32.2 Å². The summed E-state index contributed by atoms with van der Waals surface area (Å²) >= 11 is 0. The van der Waals surface area contributed by atoms with Crippen LogP contribution in [0.1, 0.15) is 68.1 Å². The van der Waals surface area contributed by atoms with E-state index in [0.29, 0.717) is 0 Å². The van der Waals surface area contributed by atoms with Gasteiger partial charge in [-0.3, -0.25) is 0 Å². The van der Waals surface area contributed by atoms with E-state index in [4.69, 9.17) is 10.7 Å². The molecule has 0 amide bonds. The fraction of sp³-hybridized carbons (Fsp3) is 0.800. The summed E-state index contributed by atoms with van der Waals surface area (Å²) in [7, 11) is 0. The Morgan fingerprint density at radius 2 is 1.94 bits per heavy atom. The number of hydrogen-bond acceptors (Lipinski definition) is 2. The third-order valence-electron chi connectivity index (χ3n) is 4.59. The zero-order valence-corrected chi connectivity index (χ0v) is 11.3. The molecular weight excluding hydrogens is 222 g/mol. The number of aryl methyl sites for hydroxylation is 1. The number of rotatable bonds is 3. The molecule has 1 aliphatic heterocycles. The predicted molar refractivity (Wildman–Crippen MR) is 73.7 cm³/mol. The second kappa shape index (κ2) is 5.43. The minimum absolute atomic E-state index is 0.721. The number of imidazole rings is 1. The fourth-order valence-corrected chi connectivity index (χ4v) is 3.67. The lowest BCUT2D eigenvalue weighted by Crippen LogP contribution is -2.16. The molecule has 18 heavy (non-hydrogen) atoms. The second-order valence-corrected chi connectivity index (χ2v) is 5.84. The zero-order chi connectivity index (χ0) is 12.4. The van der Waals surface area contributed by atoms with Crippen molar-refractivity contribution in [1.29, 1.82) is 0 Å². The molecule has 0 unspecified atom stereocenters. The summed E-state index contributed by atoms with van der Waals surface area (Å²) < 4.78 is 2.49. The molecule has 3 nitrogen and oxygen atoms in total. The van der Waals surface area contributed by atoms with Crippen LogP contribution in [0.15, 0.2) is 0 Å². The highest BCUT2D eigenvalue weighted by Crippen LogP contribution is 2.35. The summed E-state index contributed by atoms with van der Waals surface area (Å²) in [6.07, 6.45) is 11.7. The van der Waals surface area contributed by atoms with Gasteiger partial charge in [0.15, 0.2) is 0 Å². The number of fused-ring (bicyclic) bond motifs is 1. The molecule has 1 aliphatic carbocycles. The lowest BCUT2D eigenvalue weighted by Gasteiger charge is -2.22. The van der Waals surface area contributed by atoms with Gasteiger partial charge in [0, 0.05) is 31.0 Å². The number of aromatic nitrogens is 2. The predicted octanol–water partition coefficient (Wildman–Crippen LogP) is 2.77. The summed E-state index contributed by atoms with van der Waals surface area (Å²) in [5, 5.41) is 0. The average Bonchev–Trinajstić information content (AvgIpc) is 2.80. The molecule has 2 aliphatic rings. The van der Waals surface area contributed by atoms with Crippen molar-refractivity contribution in [2.24, 2.45) is 5.73 Å². The van der Waals surface area contributed by atoms with Gasteiger partial charge in [0.25, 0.3) is 0 Å². The minimum Gasteiger partial charge on any atom is -0.332 e. The quantitative estimate of drug-likeness (QED) is 0.892. The van der Waals surface area contributed by atoms with Crippen LogP contribution >= 0.6 is 0 Å². The van der Waals surface area contributed by atoms with Crippen LogP contribution in [0.4, 0.5) is 0 Å². The maximum absolute atomic E-state index is 5.81. The van der Waals surface area contributed by atoms with E-state index in [1.807, 2.05) is 0 Å². The van der Waals surface area contributed by atoms with Crippen molar-refractivity contribution in [2.75, 3.05) is 6.54 Å². The van der Waals surface area contributed by atoms with Gasteiger partial charge in [-0.25, -0.2) is 4.98 Å². The van der Waals surface area contributed by atoms with Crippen molar-refractivity contribution in [1.82, 2.24) is 9.55 Å². The third kappa shape index (κ3) is 2.20. The third-order valence-corrected chi connectivity index (χ3v) is 4.59. The minimum atomic E-state index is 0.721. The van der Waals surface area contributed by atoms with E-state index in [1.54, 1.807) is 0 Å². The maximum Gasteiger partial charge on any atom is 0.109 e. The Bertz CT molecular complexity index is 402. The monoisotopic (exact) mass is 247 g/mol. The van der Waals surface area contributed by atoms with E-state index < -0.39 is 0 Å². The first-order valence-corrected chi connectivity index (χ1v) is 7.68. The molecule has 3 heteroatoms. The molecule has 3 rings (SSSR count). The van der Waals surface area contributed by atoms with Gasteiger partial charge in [-0.2, -0.15) is 0 Å². The molecule has 1 aromatic rings. The lowest BCUT2D eigenvalue weighted by molar-refractivity contribution is 0.434. The van der Waals surface area contributed by atoms with Crippen LogP contribution in [0.3, 0.4) is 0 Å². The van der Waals surface area contributed by atoms with Crippen molar-refractivity contribution in [2.45, 2.75) is 70.3 Å². The molecule has 0 radical (unpaired) electrons. The van der Waals surface area contributed by atoms with E-state index >= 15 is 0 Å². The normalized spacial score (nSPS) is 20.9. The van der Waals surface area contributed by atoms with Gasteiger partial charge in [0.1, 0.15) is 5.82 Å². The van der Waals surface area contributed by atoms with Crippen LogP contribution in [0.2, 0.25) is 0 Å². The van der Waals surface area contributed by atoms with Gasteiger partial charge in [-0.1, -0.05) is 19.3 Å². The van der Waals surface area contributed by atoms with Crippen LogP contribution < -0.4 is 5.73 Å². The molecule has 0 atom stereocenters. The van der Waals surface area contributed by atoms with Crippen LogP contribution in [0, 0.1) is 0 Å².